The topological polar surface area (TPSA) is 55.9 Å². The molecule has 2 heterocycles. The predicted molar refractivity (Wildman–Crippen MR) is 64.3 cm³/mol. The van der Waals surface area contributed by atoms with Gasteiger partial charge in [0.2, 0.25) is 0 Å². The third-order valence-corrected chi connectivity index (χ3v) is 2.55. The van der Waals surface area contributed by atoms with E-state index in [1.807, 2.05) is 27.7 Å². The van der Waals surface area contributed by atoms with Crippen LogP contribution in [0.5, 0.6) is 0 Å². The van der Waals surface area contributed by atoms with Crippen molar-refractivity contribution < 1.29 is 5.11 Å². The number of aliphatic hydroxyl groups is 1. The zero-order chi connectivity index (χ0) is 12.3. The molecular formula is C12H18N4O. The van der Waals surface area contributed by atoms with Gasteiger partial charge in [0.1, 0.15) is 12.2 Å². The standard InChI is InChI=1S/C12H18N4O/c1-10(2)5-16-12(13-9-14-16)7-15-4-3-11(6-15)8-17/h3-4,6,9-10,17H,5,7-8H2,1-2H3. The molecule has 0 fully saturated rings. The molecule has 0 saturated carbocycles. The van der Waals surface area contributed by atoms with Crippen molar-refractivity contribution in [2.24, 2.45) is 5.92 Å². The lowest BCUT2D eigenvalue weighted by Crippen LogP contribution is -2.12. The van der Waals surface area contributed by atoms with Gasteiger partial charge in [0.05, 0.1) is 13.2 Å². The van der Waals surface area contributed by atoms with Crippen LogP contribution in [0.2, 0.25) is 0 Å². The molecule has 0 saturated heterocycles. The molecule has 0 aliphatic carbocycles. The Kier molecular flexibility index (Phi) is 3.58. The molecule has 92 valence electrons. The highest BCUT2D eigenvalue weighted by Gasteiger charge is 2.06. The maximum absolute atomic E-state index is 9.00. The molecule has 0 radical (unpaired) electrons. The van der Waals surface area contributed by atoms with Crippen molar-refractivity contribution in [1.29, 1.82) is 0 Å². The van der Waals surface area contributed by atoms with Crippen molar-refractivity contribution in [3.8, 4) is 0 Å². The van der Waals surface area contributed by atoms with E-state index in [2.05, 4.69) is 23.9 Å². The van der Waals surface area contributed by atoms with Gasteiger partial charge in [0.15, 0.2) is 0 Å². The summed E-state index contributed by atoms with van der Waals surface area (Å²) in [6, 6.07) is 1.91. The largest absolute Gasteiger partial charge is 0.392 e. The summed E-state index contributed by atoms with van der Waals surface area (Å²) in [6.45, 7) is 5.96. The van der Waals surface area contributed by atoms with Crippen LogP contribution in [-0.2, 0) is 19.7 Å². The SMILES string of the molecule is CC(C)Cn1ncnc1Cn1ccc(CO)c1. The van der Waals surface area contributed by atoms with E-state index >= 15 is 0 Å². The van der Waals surface area contributed by atoms with E-state index in [1.54, 1.807) is 6.33 Å². The smallest absolute Gasteiger partial charge is 0.146 e. The number of hydrogen-bond donors (Lipinski definition) is 1. The van der Waals surface area contributed by atoms with Crippen molar-refractivity contribution in [3.63, 3.8) is 0 Å². The van der Waals surface area contributed by atoms with Gasteiger partial charge in [-0.05, 0) is 17.5 Å². The summed E-state index contributed by atoms with van der Waals surface area (Å²) in [4.78, 5) is 4.27. The maximum Gasteiger partial charge on any atom is 0.146 e. The first-order valence-corrected chi connectivity index (χ1v) is 5.81. The number of hydrogen-bond acceptors (Lipinski definition) is 3. The lowest BCUT2D eigenvalue weighted by atomic mass is 10.2. The molecule has 0 bridgehead atoms. The summed E-state index contributed by atoms with van der Waals surface area (Å²) in [5, 5.41) is 13.2. The van der Waals surface area contributed by atoms with E-state index in [4.69, 9.17) is 5.11 Å². The first-order valence-electron chi connectivity index (χ1n) is 5.81. The van der Waals surface area contributed by atoms with Crippen LogP contribution in [-0.4, -0.2) is 24.4 Å². The average molecular weight is 234 g/mol. The lowest BCUT2D eigenvalue weighted by Gasteiger charge is -2.08. The Bertz CT molecular complexity index is 472. The number of rotatable bonds is 5. The van der Waals surface area contributed by atoms with Crippen LogP contribution in [0.1, 0.15) is 25.2 Å². The highest BCUT2D eigenvalue weighted by Crippen LogP contribution is 2.06. The average Bonchev–Trinajstić information content (AvgIpc) is 2.89. The van der Waals surface area contributed by atoms with Gasteiger partial charge in [-0.1, -0.05) is 13.8 Å². The van der Waals surface area contributed by atoms with Gasteiger partial charge in [0.25, 0.3) is 0 Å². The van der Waals surface area contributed by atoms with E-state index in [0.717, 1.165) is 17.9 Å². The molecule has 0 unspecified atom stereocenters. The third-order valence-electron chi connectivity index (χ3n) is 2.55. The molecule has 0 spiro atoms. The van der Waals surface area contributed by atoms with Crippen LogP contribution in [0.4, 0.5) is 0 Å². The number of aromatic nitrogens is 4. The molecule has 0 aliphatic heterocycles. The van der Waals surface area contributed by atoms with E-state index in [0.29, 0.717) is 12.5 Å². The molecule has 0 aromatic carbocycles. The van der Waals surface area contributed by atoms with Crippen LogP contribution in [0.15, 0.2) is 24.8 Å². The van der Waals surface area contributed by atoms with Crippen molar-refractivity contribution in [2.75, 3.05) is 0 Å². The summed E-state index contributed by atoms with van der Waals surface area (Å²) < 4.78 is 3.94. The van der Waals surface area contributed by atoms with Gasteiger partial charge < -0.3 is 9.67 Å². The van der Waals surface area contributed by atoms with E-state index in [9.17, 15) is 0 Å². The Morgan fingerprint density at radius 1 is 1.41 bits per heavy atom. The van der Waals surface area contributed by atoms with E-state index in [1.165, 1.54) is 0 Å². The van der Waals surface area contributed by atoms with E-state index < -0.39 is 0 Å². The lowest BCUT2D eigenvalue weighted by molar-refractivity contribution is 0.281. The summed E-state index contributed by atoms with van der Waals surface area (Å²) in [7, 11) is 0. The van der Waals surface area contributed by atoms with Crippen molar-refractivity contribution in [2.45, 2.75) is 33.5 Å². The van der Waals surface area contributed by atoms with Crippen LogP contribution in [0, 0.1) is 5.92 Å². The Hall–Kier alpha value is -1.62. The fourth-order valence-electron chi connectivity index (χ4n) is 1.75. The van der Waals surface area contributed by atoms with Gasteiger partial charge in [-0.25, -0.2) is 9.67 Å². The van der Waals surface area contributed by atoms with Crippen LogP contribution < -0.4 is 0 Å². The van der Waals surface area contributed by atoms with Gasteiger partial charge in [0, 0.05) is 18.9 Å². The quantitative estimate of drug-likeness (QED) is 0.847. The van der Waals surface area contributed by atoms with E-state index in [-0.39, 0.29) is 6.61 Å². The summed E-state index contributed by atoms with van der Waals surface area (Å²) in [5.74, 6) is 1.49. The van der Waals surface area contributed by atoms with Gasteiger partial charge >= 0.3 is 0 Å². The second-order valence-corrected chi connectivity index (χ2v) is 4.60. The molecule has 5 heteroatoms. The van der Waals surface area contributed by atoms with Gasteiger partial charge in [-0.15, -0.1) is 0 Å². The fraction of sp³-hybridized carbons (Fsp3) is 0.500. The normalized spacial score (nSPS) is 11.3. The minimum Gasteiger partial charge on any atom is -0.392 e. The summed E-state index contributed by atoms with van der Waals surface area (Å²) in [5.41, 5.74) is 0.917. The minimum atomic E-state index is 0.0751. The van der Waals surface area contributed by atoms with Crippen molar-refractivity contribution >= 4 is 0 Å². The Morgan fingerprint density at radius 3 is 2.88 bits per heavy atom. The summed E-state index contributed by atoms with van der Waals surface area (Å²) >= 11 is 0. The molecule has 2 rings (SSSR count). The zero-order valence-electron chi connectivity index (χ0n) is 10.2. The number of nitrogens with zero attached hydrogens (tertiary/aromatic N) is 4. The highest BCUT2D eigenvalue weighted by molar-refractivity contribution is 5.09. The second-order valence-electron chi connectivity index (χ2n) is 4.60. The second kappa shape index (κ2) is 5.14. The molecule has 0 aliphatic rings. The minimum absolute atomic E-state index is 0.0751. The molecule has 2 aromatic heterocycles. The Morgan fingerprint density at radius 2 is 2.24 bits per heavy atom. The number of aliphatic hydroxyl groups excluding tert-OH is 1. The Balaban J connectivity index is 2.10. The zero-order valence-corrected chi connectivity index (χ0v) is 10.2. The van der Waals surface area contributed by atoms with Gasteiger partial charge in [-0.2, -0.15) is 5.10 Å². The molecular weight excluding hydrogens is 216 g/mol. The van der Waals surface area contributed by atoms with Gasteiger partial charge in [-0.3, -0.25) is 0 Å². The van der Waals surface area contributed by atoms with Crippen LogP contribution >= 0.6 is 0 Å². The van der Waals surface area contributed by atoms with Crippen molar-refractivity contribution in [1.82, 2.24) is 19.3 Å². The first kappa shape index (κ1) is 11.9. The molecule has 1 N–H and O–H groups in total. The predicted octanol–water partition coefficient (Wildman–Crippen LogP) is 1.28. The monoisotopic (exact) mass is 234 g/mol. The fourth-order valence-corrected chi connectivity index (χ4v) is 1.75. The van der Waals surface area contributed by atoms with Crippen LogP contribution in [0.3, 0.4) is 0 Å². The highest BCUT2D eigenvalue weighted by atomic mass is 16.3. The molecule has 0 amide bonds. The molecule has 2 aromatic rings. The van der Waals surface area contributed by atoms with Crippen LogP contribution in [0.25, 0.3) is 0 Å². The molecule has 0 atom stereocenters. The first-order chi connectivity index (χ1) is 8.19. The third kappa shape index (κ3) is 2.94. The van der Waals surface area contributed by atoms with Crippen molar-refractivity contribution in [3.05, 3.63) is 36.2 Å². The Labute approximate surface area is 101 Å². The maximum atomic E-state index is 9.00. The molecule has 5 nitrogen and oxygen atoms in total. The summed E-state index contributed by atoms with van der Waals surface area (Å²) in [6.07, 6.45) is 5.46. The molecule has 17 heavy (non-hydrogen) atoms.